The van der Waals surface area contributed by atoms with Crippen molar-refractivity contribution in [1.82, 2.24) is 4.57 Å². The van der Waals surface area contributed by atoms with Crippen LogP contribution in [0.15, 0.2) is 30.3 Å². The van der Waals surface area contributed by atoms with Crippen LogP contribution < -0.4 is 10.6 Å². The summed E-state index contributed by atoms with van der Waals surface area (Å²) in [4.78, 5) is 23.5. The Bertz CT molecular complexity index is 727. The molecule has 0 atom stereocenters. The van der Waals surface area contributed by atoms with Crippen molar-refractivity contribution in [2.75, 3.05) is 10.6 Å². The molecule has 0 bridgehead atoms. The number of nitrogens with zero attached hydrogens (tertiary/aromatic N) is 1. The van der Waals surface area contributed by atoms with Gasteiger partial charge in [0.05, 0.1) is 5.56 Å². The normalized spacial score (nSPS) is 10.7. The van der Waals surface area contributed by atoms with Crippen LogP contribution in [0.5, 0.6) is 0 Å². The van der Waals surface area contributed by atoms with Crippen molar-refractivity contribution < 1.29 is 9.59 Å². The largest absolute Gasteiger partial charge is 0.346 e. The molecule has 2 N–H and O–H groups in total. The molecule has 23 heavy (non-hydrogen) atoms. The van der Waals surface area contributed by atoms with Crippen LogP contribution in [0, 0.1) is 13.8 Å². The van der Waals surface area contributed by atoms with E-state index in [9.17, 15) is 9.59 Å². The van der Waals surface area contributed by atoms with Crippen LogP contribution >= 0.6 is 0 Å². The number of carbonyl (C=O) groups excluding carboxylic acids is 2. The van der Waals surface area contributed by atoms with E-state index in [0.717, 1.165) is 11.4 Å². The van der Waals surface area contributed by atoms with Crippen LogP contribution in [0.3, 0.4) is 0 Å². The summed E-state index contributed by atoms with van der Waals surface area (Å²) in [7, 11) is 0. The smallest absolute Gasteiger partial charge is 0.257 e. The molecule has 0 radical (unpaired) electrons. The monoisotopic (exact) mass is 313 g/mol. The van der Waals surface area contributed by atoms with Gasteiger partial charge in [-0.2, -0.15) is 0 Å². The zero-order valence-corrected chi connectivity index (χ0v) is 14.2. The second-order valence-corrected chi connectivity index (χ2v) is 5.96. The zero-order valence-electron chi connectivity index (χ0n) is 14.2. The number of benzene rings is 1. The fraction of sp³-hybridized carbons (Fsp3) is 0.333. The molecule has 0 aliphatic rings. The third-order valence-corrected chi connectivity index (χ3v) is 3.71. The molecule has 5 heteroatoms. The van der Waals surface area contributed by atoms with E-state index in [-0.39, 0.29) is 11.8 Å². The van der Waals surface area contributed by atoms with Crippen molar-refractivity contribution in [3.63, 3.8) is 0 Å². The predicted molar refractivity (Wildman–Crippen MR) is 93.0 cm³/mol. The summed E-state index contributed by atoms with van der Waals surface area (Å²) in [5.41, 5.74) is 4.11. The van der Waals surface area contributed by atoms with E-state index in [2.05, 4.69) is 29.0 Å². The van der Waals surface area contributed by atoms with Crippen molar-refractivity contribution in [1.29, 1.82) is 0 Å². The van der Waals surface area contributed by atoms with Crippen molar-refractivity contribution >= 4 is 23.2 Å². The van der Waals surface area contributed by atoms with E-state index < -0.39 is 0 Å². The van der Waals surface area contributed by atoms with E-state index in [1.165, 1.54) is 6.92 Å². The van der Waals surface area contributed by atoms with E-state index in [1.54, 1.807) is 24.3 Å². The number of hydrogen-bond acceptors (Lipinski definition) is 2. The summed E-state index contributed by atoms with van der Waals surface area (Å²) in [5.74, 6) is -0.250. The van der Waals surface area contributed by atoms with Crippen molar-refractivity contribution in [3.8, 4) is 0 Å². The van der Waals surface area contributed by atoms with Gasteiger partial charge in [0.15, 0.2) is 0 Å². The Morgan fingerprint density at radius 2 is 1.52 bits per heavy atom. The van der Waals surface area contributed by atoms with Gasteiger partial charge in [-0.25, -0.2) is 0 Å². The minimum atomic E-state index is -0.128. The number of anilines is 2. The first-order valence-electron chi connectivity index (χ1n) is 7.67. The Morgan fingerprint density at radius 3 is 1.96 bits per heavy atom. The van der Waals surface area contributed by atoms with Gasteiger partial charge in [0.25, 0.3) is 5.91 Å². The second kappa shape index (κ2) is 6.69. The highest BCUT2D eigenvalue weighted by Gasteiger charge is 2.17. The minimum absolute atomic E-state index is 0.122. The Morgan fingerprint density at radius 1 is 1.00 bits per heavy atom. The molecule has 0 aliphatic carbocycles. The van der Waals surface area contributed by atoms with Crippen LogP contribution in [0.4, 0.5) is 11.4 Å². The first kappa shape index (κ1) is 16.8. The standard InChI is InChI=1S/C18H23N3O2/c1-11(2)21-12(3)10-17(13(21)4)18(23)20-16-8-6-15(7-9-16)19-14(5)22/h6-11H,1-5H3,(H,19,22)(H,20,23). The molecule has 1 aromatic carbocycles. The number of nitrogens with one attached hydrogen (secondary N) is 2. The topological polar surface area (TPSA) is 63.1 Å². The average molecular weight is 313 g/mol. The minimum Gasteiger partial charge on any atom is -0.346 e. The molecule has 2 rings (SSSR count). The highest BCUT2D eigenvalue weighted by molar-refractivity contribution is 6.05. The SMILES string of the molecule is CC(=O)Nc1ccc(NC(=O)c2cc(C)n(C(C)C)c2C)cc1. The zero-order chi connectivity index (χ0) is 17.1. The molecular weight excluding hydrogens is 290 g/mol. The van der Waals surface area contributed by atoms with Crippen molar-refractivity contribution in [2.45, 2.75) is 40.7 Å². The highest BCUT2D eigenvalue weighted by atomic mass is 16.2. The molecule has 0 fully saturated rings. The lowest BCUT2D eigenvalue weighted by molar-refractivity contribution is -0.114. The summed E-state index contributed by atoms with van der Waals surface area (Å²) >= 11 is 0. The molecule has 5 nitrogen and oxygen atoms in total. The van der Waals surface area contributed by atoms with Crippen LogP contribution in [0.2, 0.25) is 0 Å². The van der Waals surface area contributed by atoms with Crippen molar-refractivity contribution in [3.05, 3.63) is 47.3 Å². The first-order valence-corrected chi connectivity index (χ1v) is 7.67. The molecule has 0 saturated carbocycles. The van der Waals surface area contributed by atoms with Crippen LogP contribution in [-0.4, -0.2) is 16.4 Å². The van der Waals surface area contributed by atoms with Gasteiger partial charge in [0.2, 0.25) is 5.91 Å². The van der Waals surface area contributed by atoms with Gasteiger partial charge >= 0.3 is 0 Å². The quantitative estimate of drug-likeness (QED) is 0.899. The predicted octanol–water partition coefficient (Wildman–Crippen LogP) is 3.90. The first-order chi connectivity index (χ1) is 10.8. The van der Waals surface area contributed by atoms with Crippen molar-refractivity contribution in [2.24, 2.45) is 0 Å². The van der Waals surface area contributed by atoms with Gasteiger partial charge in [-0.3, -0.25) is 9.59 Å². The maximum absolute atomic E-state index is 12.5. The summed E-state index contributed by atoms with van der Waals surface area (Å²) in [6.45, 7) is 9.62. The molecule has 0 aliphatic heterocycles. The Kier molecular flexibility index (Phi) is 4.89. The fourth-order valence-electron chi connectivity index (χ4n) is 2.84. The van der Waals surface area contributed by atoms with Crippen LogP contribution in [0.25, 0.3) is 0 Å². The second-order valence-electron chi connectivity index (χ2n) is 5.96. The summed E-state index contributed by atoms with van der Waals surface area (Å²) in [6, 6.07) is 9.28. The molecule has 0 unspecified atom stereocenters. The summed E-state index contributed by atoms with van der Waals surface area (Å²) in [6.07, 6.45) is 0. The fourth-order valence-corrected chi connectivity index (χ4v) is 2.84. The van der Waals surface area contributed by atoms with Crippen LogP contribution in [0.1, 0.15) is 48.6 Å². The van der Waals surface area contributed by atoms with E-state index in [4.69, 9.17) is 0 Å². The Labute approximate surface area is 136 Å². The number of rotatable bonds is 4. The third-order valence-electron chi connectivity index (χ3n) is 3.71. The molecule has 2 amide bonds. The molecule has 0 spiro atoms. The molecule has 0 saturated heterocycles. The van der Waals surface area contributed by atoms with Gasteiger partial charge in [0.1, 0.15) is 0 Å². The molecular formula is C18H23N3O2. The Hall–Kier alpha value is -2.56. The lowest BCUT2D eigenvalue weighted by atomic mass is 10.2. The highest BCUT2D eigenvalue weighted by Crippen LogP contribution is 2.21. The van der Waals surface area contributed by atoms with Gasteiger partial charge in [0, 0.05) is 35.7 Å². The van der Waals surface area contributed by atoms with Gasteiger partial charge in [-0.1, -0.05) is 0 Å². The third kappa shape index (κ3) is 3.80. The lowest BCUT2D eigenvalue weighted by Gasteiger charge is -2.13. The maximum atomic E-state index is 12.5. The summed E-state index contributed by atoms with van der Waals surface area (Å²) < 4.78 is 2.15. The van der Waals surface area contributed by atoms with E-state index in [1.807, 2.05) is 19.9 Å². The summed E-state index contributed by atoms with van der Waals surface area (Å²) in [5, 5.41) is 5.59. The van der Waals surface area contributed by atoms with Gasteiger partial charge in [-0.05, 0) is 58.0 Å². The number of amides is 2. The number of aromatic nitrogens is 1. The molecule has 1 heterocycles. The van der Waals surface area contributed by atoms with Crippen LogP contribution in [-0.2, 0) is 4.79 Å². The number of hydrogen-bond donors (Lipinski definition) is 2. The lowest BCUT2D eigenvalue weighted by Crippen LogP contribution is -2.14. The molecule has 1 aromatic heterocycles. The average Bonchev–Trinajstić information content (AvgIpc) is 2.75. The van der Waals surface area contributed by atoms with E-state index >= 15 is 0 Å². The van der Waals surface area contributed by atoms with Gasteiger partial charge in [-0.15, -0.1) is 0 Å². The molecule has 122 valence electrons. The number of carbonyl (C=O) groups is 2. The Balaban J connectivity index is 2.16. The maximum Gasteiger partial charge on any atom is 0.257 e. The van der Waals surface area contributed by atoms with E-state index in [0.29, 0.717) is 23.0 Å². The van der Waals surface area contributed by atoms with Gasteiger partial charge < -0.3 is 15.2 Å². The number of aryl methyl sites for hydroxylation is 1. The molecule has 2 aromatic rings.